The lowest BCUT2D eigenvalue weighted by Crippen LogP contribution is -2.46. The molecule has 1 aromatic heterocycles. The van der Waals surface area contributed by atoms with Crippen molar-refractivity contribution in [2.24, 2.45) is 11.7 Å². The Morgan fingerprint density at radius 1 is 1.50 bits per heavy atom. The van der Waals surface area contributed by atoms with Gasteiger partial charge in [-0.2, -0.15) is 0 Å². The molecule has 4 heteroatoms. The fraction of sp³-hybridized carbons (Fsp3) is 0.667. The van der Waals surface area contributed by atoms with Crippen LogP contribution >= 0.6 is 11.3 Å². The first-order valence-electron chi connectivity index (χ1n) is 5.99. The molecule has 0 spiro atoms. The number of rotatable bonds is 4. The van der Waals surface area contributed by atoms with E-state index in [2.05, 4.69) is 34.7 Å². The third kappa shape index (κ3) is 3.04. The molecule has 1 aliphatic heterocycles. The molecule has 0 aromatic carbocycles. The van der Waals surface area contributed by atoms with Crippen molar-refractivity contribution in [1.29, 1.82) is 0 Å². The average Bonchev–Trinajstić information content (AvgIpc) is 2.83. The van der Waals surface area contributed by atoms with Crippen LogP contribution in [0.4, 0.5) is 0 Å². The van der Waals surface area contributed by atoms with Gasteiger partial charge in [-0.3, -0.25) is 0 Å². The van der Waals surface area contributed by atoms with Gasteiger partial charge in [-0.1, -0.05) is 13.0 Å². The number of piperazine rings is 1. The first-order chi connectivity index (χ1) is 7.77. The van der Waals surface area contributed by atoms with Crippen molar-refractivity contribution in [1.82, 2.24) is 10.2 Å². The molecule has 1 saturated heterocycles. The average molecular weight is 239 g/mol. The molecule has 0 aliphatic carbocycles. The van der Waals surface area contributed by atoms with E-state index in [9.17, 15) is 0 Å². The Hall–Kier alpha value is -0.420. The first-order valence-corrected chi connectivity index (χ1v) is 6.87. The zero-order valence-corrected chi connectivity index (χ0v) is 10.7. The largest absolute Gasteiger partial charge is 0.323 e. The Kier molecular flexibility index (Phi) is 4.35. The highest BCUT2D eigenvalue weighted by Crippen LogP contribution is 2.24. The van der Waals surface area contributed by atoms with Gasteiger partial charge in [-0.25, -0.2) is 0 Å². The summed E-state index contributed by atoms with van der Waals surface area (Å²) >= 11 is 1.77. The Bertz CT molecular complexity index is 293. The van der Waals surface area contributed by atoms with E-state index in [4.69, 9.17) is 5.73 Å². The highest BCUT2D eigenvalue weighted by Gasteiger charge is 2.19. The molecule has 0 radical (unpaired) electrons. The van der Waals surface area contributed by atoms with Crippen LogP contribution < -0.4 is 11.1 Å². The zero-order valence-electron chi connectivity index (χ0n) is 9.86. The SMILES string of the molecule is CC(CN1CCNCC1)C(N)c1cccs1. The Morgan fingerprint density at radius 3 is 2.88 bits per heavy atom. The Morgan fingerprint density at radius 2 is 2.25 bits per heavy atom. The van der Waals surface area contributed by atoms with Crippen molar-refractivity contribution in [2.75, 3.05) is 32.7 Å². The first kappa shape index (κ1) is 12.0. The molecule has 1 aromatic rings. The van der Waals surface area contributed by atoms with Crippen LogP contribution in [0.1, 0.15) is 17.8 Å². The maximum absolute atomic E-state index is 6.27. The van der Waals surface area contributed by atoms with Crippen LogP contribution in [0.15, 0.2) is 17.5 Å². The number of hydrogen-bond acceptors (Lipinski definition) is 4. The van der Waals surface area contributed by atoms with Crippen LogP contribution in [0.5, 0.6) is 0 Å². The molecule has 2 heterocycles. The van der Waals surface area contributed by atoms with E-state index in [1.165, 1.54) is 4.88 Å². The highest BCUT2D eigenvalue weighted by molar-refractivity contribution is 7.10. The van der Waals surface area contributed by atoms with Crippen LogP contribution in [0.2, 0.25) is 0 Å². The van der Waals surface area contributed by atoms with Gasteiger partial charge in [-0.05, 0) is 17.4 Å². The van der Waals surface area contributed by atoms with Crippen molar-refractivity contribution in [3.05, 3.63) is 22.4 Å². The van der Waals surface area contributed by atoms with Crippen molar-refractivity contribution < 1.29 is 0 Å². The second-order valence-electron chi connectivity index (χ2n) is 4.57. The van der Waals surface area contributed by atoms with Gasteiger partial charge >= 0.3 is 0 Å². The lowest BCUT2D eigenvalue weighted by atomic mass is 10.0. The summed E-state index contributed by atoms with van der Waals surface area (Å²) in [7, 11) is 0. The molecule has 1 aliphatic rings. The summed E-state index contributed by atoms with van der Waals surface area (Å²) in [6.07, 6.45) is 0. The molecule has 2 unspecified atom stereocenters. The third-order valence-corrected chi connectivity index (χ3v) is 4.21. The standard InChI is InChI=1S/C12H21N3S/c1-10(9-15-6-4-14-5-7-15)12(13)11-3-2-8-16-11/h2-3,8,10,12,14H,4-7,9,13H2,1H3. The van der Waals surface area contributed by atoms with Gasteiger partial charge in [-0.15, -0.1) is 11.3 Å². The summed E-state index contributed by atoms with van der Waals surface area (Å²) in [6.45, 7) is 7.90. The topological polar surface area (TPSA) is 41.3 Å². The van der Waals surface area contributed by atoms with Crippen molar-refractivity contribution in [3.8, 4) is 0 Å². The summed E-state index contributed by atoms with van der Waals surface area (Å²) in [5.74, 6) is 0.525. The molecular weight excluding hydrogens is 218 g/mol. The molecule has 3 nitrogen and oxygen atoms in total. The van der Waals surface area contributed by atoms with Crippen LogP contribution in [-0.4, -0.2) is 37.6 Å². The molecule has 3 N–H and O–H groups in total. The smallest absolute Gasteiger partial charge is 0.0427 e. The fourth-order valence-electron chi connectivity index (χ4n) is 2.18. The molecule has 2 atom stereocenters. The van der Waals surface area contributed by atoms with Gasteiger partial charge in [0.05, 0.1) is 0 Å². The Labute approximate surface area is 102 Å². The zero-order chi connectivity index (χ0) is 11.4. The number of hydrogen-bond donors (Lipinski definition) is 2. The maximum Gasteiger partial charge on any atom is 0.0427 e. The lowest BCUT2D eigenvalue weighted by molar-refractivity contribution is 0.200. The highest BCUT2D eigenvalue weighted by atomic mass is 32.1. The second-order valence-corrected chi connectivity index (χ2v) is 5.55. The van der Waals surface area contributed by atoms with E-state index >= 15 is 0 Å². The summed E-state index contributed by atoms with van der Waals surface area (Å²) in [5, 5.41) is 5.48. The quantitative estimate of drug-likeness (QED) is 0.832. The third-order valence-electron chi connectivity index (χ3n) is 3.24. The summed E-state index contributed by atoms with van der Waals surface area (Å²) in [6, 6.07) is 4.41. The minimum atomic E-state index is 0.190. The number of nitrogens with two attached hydrogens (primary N) is 1. The Balaban J connectivity index is 1.84. The van der Waals surface area contributed by atoms with E-state index in [-0.39, 0.29) is 6.04 Å². The van der Waals surface area contributed by atoms with E-state index < -0.39 is 0 Å². The van der Waals surface area contributed by atoms with Gasteiger partial charge in [0.25, 0.3) is 0 Å². The predicted octanol–water partition coefficient (Wildman–Crippen LogP) is 1.29. The van der Waals surface area contributed by atoms with Gasteiger partial charge in [0.1, 0.15) is 0 Å². The molecule has 1 fully saturated rings. The summed E-state index contributed by atoms with van der Waals surface area (Å²) < 4.78 is 0. The molecule has 0 amide bonds. The van der Waals surface area contributed by atoms with E-state index in [1.54, 1.807) is 11.3 Å². The van der Waals surface area contributed by atoms with Gasteiger partial charge in [0.15, 0.2) is 0 Å². The molecule has 0 saturated carbocycles. The van der Waals surface area contributed by atoms with Crippen LogP contribution in [0, 0.1) is 5.92 Å². The van der Waals surface area contributed by atoms with E-state index in [0.29, 0.717) is 5.92 Å². The van der Waals surface area contributed by atoms with Crippen LogP contribution in [0.3, 0.4) is 0 Å². The number of nitrogens with one attached hydrogen (secondary N) is 1. The van der Waals surface area contributed by atoms with Crippen molar-refractivity contribution in [2.45, 2.75) is 13.0 Å². The number of nitrogens with zero attached hydrogens (tertiary/aromatic N) is 1. The molecule has 90 valence electrons. The molecule has 0 bridgehead atoms. The van der Waals surface area contributed by atoms with Gasteiger partial charge in [0, 0.05) is 43.6 Å². The summed E-state index contributed by atoms with van der Waals surface area (Å²) in [5.41, 5.74) is 6.27. The maximum atomic E-state index is 6.27. The predicted molar refractivity (Wildman–Crippen MR) is 69.7 cm³/mol. The van der Waals surface area contributed by atoms with Gasteiger partial charge in [0.2, 0.25) is 0 Å². The van der Waals surface area contributed by atoms with Crippen molar-refractivity contribution in [3.63, 3.8) is 0 Å². The minimum absolute atomic E-state index is 0.190. The van der Waals surface area contributed by atoms with E-state index in [1.807, 2.05) is 0 Å². The molecule has 2 rings (SSSR count). The van der Waals surface area contributed by atoms with Crippen LogP contribution in [0.25, 0.3) is 0 Å². The van der Waals surface area contributed by atoms with E-state index in [0.717, 1.165) is 32.7 Å². The molecular formula is C12H21N3S. The second kappa shape index (κ2) is 5.77. The molecule has 16 heavy (non-hydrogen) atoms. The minimum Gasteiger partial charge on any atom is -0.323 e. The normalized spacial score (nSPS) is 21.9. The fourth-order valence-corrected chi connectivity index (χ4v) is 3.04. The van der Waals surface area contributed by atoms with Gasteiger partial charge < -0.3 is 16.0 Å². The lowest BCUT2D eigenvalue weighted by Gasteiger charge is -2.31. The summed E-state index contributed by atoms with van der Waals surface area (Å²) in [4.78, 5) is 3.82. The number of thiophene rings is 1. The van der Waals surface area contributed by atoms with Crippen molar-refractivity contribution >= 4 is 11.3 Å². The monoisotopic (exact) mass is 239 g/mol. The van der Waals surface area contributed by atoms with Crippen LogP contribution in [-0.2, 0) is 0 Å².